The highest BCUT2D eigenvalue weighted by Gasteiger charge is 2.12. The largest absolute Gasteiger partial charge is 0.490 e. The molecule has 2 amide bonds. The fraction of sp³-hybridized carbons (Fsp3) is 0.350. The van der Waals surface area contributed by atoms with Crippen molar-refractivity contribution < 1.29 is 9.53 Å². The van der Waals surface area contributed by atoms with Crippen molar-refractivity contribution >= 4 is 29.0 Å². The highest BCUT2D eigenvalue weighted by atomic mass is 35.5. The molecule has 1 aliphatic rings. The lowest BCUT2D eigenvalue weighted by atomic mass is 10.2. The molecule has 5 nitrogen and oxygen atoms in total. The Morgan fingerprint density at radius 2 is 1.88 bits per heavy atom. The van der Waals surface area contributed by atoms with Gasteiger partial charge in [-0.1, -0.05) is 17.7 Å². The second-order valence-corrected chi connectivity index (χ2v) is 6.81. The summed E-state index contributed by atoms with van der Waals surface area (Å²) in [6.45, 7) is 4.94. The summed E-state index contributed by atoms with van der Waals surface area (Å²) in [5.41, 5.74) is 3.05. The average Bonchev–Trinajstić information content (AvgIpc) is 3.17. The molecule has 0 unspecified atom stereocenters. The number of aryl methyl sites for hydroxylation is 1. The van der Waals surface area contributed by atoms with Crippen molar-refractivity contribution in [3.05, 3.63) is 53.1 Å². The van der Waals surface area contributed by atoms with Crippen LogP contribution in [0.15, 0.2) is 42.5 Å². The fourth-order valence-electron chi connectivity index (χ4n) is 2.95. The molecule has 138 valence electrons. The number of nitrogens with one attached hydrogen (secondary N) is 2. The number of hydrogen-bond acceptors (Lipinski definition) is 3. The minimum absolute atomic E-state index is 0.252. The van der Waals surface area contributed by atoms with Crippen LogP contribution in [0.25, 0.3) is 0 Å². The Morgan fingerprint density at radius 3 is 2.62 bits per heavy atom. The Bertz CT molecular complexity index is 743. The van der Waals surface area contributed by atoms with Gasteiger partial charge in [0, 0.05) is 24.5 Å². The molecule has 0 spiro atoms. The third-order valence-corrected chi connectivity index (χ3v) is 4.64. The van der Waals surface area contributed by atoms with Crippen molar-refractivity contribution in [2.75, 3.05) is 36.5 Å². The first-order valence-electron chi connectivity index (χ1n) is 8.90. The number of benzene rings is 2. The summed E-state index contributed by atoms with van der Waals surface area (Å²) in [5.74, 6) is 0.631. The van der Waals surface area contributed by atoms with Gasteiger partial charge in [0.05, 0.1) is 11.6 Å². The Hall–Kier alpha value is -2.40. The number of carbonyl (C=O) groups is 1. The van der Waals surface area contributed by atoms with E-state index in [4.69, 9.17) is 16.3 Å². The van der Waals surface area contributed by atoms with Crippen LogP contribution >= 0.6 is 11.6 Å². The average molecular weight is 374 g/mol. The number of nitrogens with zero attached hydrogens (tertiary/aromatic N) is 1. The zero-order valence-electron chi connectivity index (χ0n) is 14.9. The topological polar surface area (TPSA) is 53.6 Å². The molecule has 6 heteroatoms. The van der Waals surface area contributed by atoms with Crippen LogP contribution in [0.2, 0.25) is 5.02 Å². The van der Waals surface area contributed by atoms with E-state index in [1.165, 1.54) is 18.5 Å². The monoisotopic (exact) mass is 373 g/mol. The van der Waals surface area contributed by atoms with E-state index in [1.54, 1.807) is 6.07 Å². The van der Waals surface area contributed by atoms with E-state index < -0.39 is 0 Å². The van der Waals surface area contributed by atoms with Crippen molar-refractivity contribution in [2.45, 2.75) is 19.8 Å². The van der Waals surface area contributed by atoms with Crippen LogP contribution in [0.5, 0.6) is 5.75 Å². The van der Waals surface area contributed by atoms with Crippen LogP contribution in [-0.4, -0.2) is 32.3 Å². The number of hydrogen-bond donors (Lipinski definition) is 2. The van der Waals surface area contributed by atoms with Crippen molar-refractivity contribution in [1.82, 2.24) is 5.32 Å². The summed E-state index contributed by atoms with van der Waals surface area (Å²) in [4.78, 5) is 14.3. The molecule has 0 atom stereocenters. The third kappa shape index (κ3) is 5.05. The normalized spacial score (nSPS) is 13.5. The van der Waals surface area contributed by atoms with Crippen LogP contribution < -0.4 is 20.3 Å². The van der Waals surface area contributed by atoms with Crippen molar-refractivity contribution in [2.24, 2.45) is 0 Å². The lowest BCUT2D eigenvalue weighted by Crippen LogP contribution is -2.32. The maximum Gasteiger partial charge on any atom is 0.319 e. The molecule has 1 fully saturated rings. The van der Waals surface area contributed by atoms with Gasteiger partial charge >= 0.3 is 6.03 Å². The zero-order valence-corrected chi connectivity index (χ0v) is 15.7. The summed E-state index contributed by atoms with van der Waals surface area (Å²) >= 11 is 6.08. The van der Waals surface area contributed by atoms with Gasteiger partial charge in [-0.25, -0.2) is 4.79 Å². The minimum Gasteiger partial charge on any atom is -0.490 e. The maximum absolute atomic E-state index is 12.0. The first-order chi connectivity index (χ1) is 12.6. The number of anilines is 2. The fourth-order valence-corrected chi connectivity index (χ4v) is 3.13. The van der Waals surface area contributed by atoms with E-state index in [1.807, 2.05) is 43.3 Å². The molecule has 1 heterocycles. The molecule has 0 bridgehead atoms. The van der Waals surface area contributed by atoms with Gasteiger partial charge in [0.25, 0.3) is 0 Å². The lowest BCUT2D eigenvalue weighted by molar-refractivity contribution is 0.247. The first kappa shape index (κ1) is 18.4. The molecule has 2 aromatic rings. The van der Waals surface area contributed by atoms with Crippen LogP contribution in [-0.2, 0) is 0 Å². The number of carbonyl (C=O) groups excluding carboxylic acids is 1. The predicted octanol–water partition coefficient (Wildman–Crippen LogP) is 4.45. The van der Waals surface area contributed by atoms with Gasteiger partial charge in [0.1, 0.15) is 12.4 Å². The predicted molar refractivity (Wildman–Crippen MR) is 107 cm³/mol. The standard InChI is InChI=1S/C20H24ClN3O2/c1-15-4-9-18(21)19(14-15)26-13-10-22-20(25)23-16-5-7-17(8-6-16)24-11-2-3-12-24/h4-9,14H,2-3,10-13H2,1H3,(H2,22,23,25). The van der Waals surface area contributed by atoms with E-state index in [9.17, 15) is 4.79 Å². The van der Waals surface area contributed by atoms with Gasteiger partial charge in [-0.05, 0) is 61.7 Å². The summed E-state index contributed by atoms with van der Waals surface area (Å²) in [6.07, 6.45) is 2.50. The van der Waals surface area contributed by atoms with Gasteiger partial charge < -0.3 is 20.3 Å². The third-order valence-electron chi connectivity index (χ3n) is 4.33. The van der Waals surface area contributed by atoms with Crippen molar-refractivity contribution in [3.63, 3.8) is 0 Å². The van der Waals surface area contributed by atoms with Crippen molar-refractivity contribution in [1.29, 1.82) is 0 Å². The van der Waals surface area contributed by atoms with E-state index in [0.29, 0.717) is 23.9 Å². The summed E-state index contributed by atoms with van der Waals surface area (Å²) in [6, 6.07) is 13.3. The Kier molecular flexibility index (Phi) is 6.23. The second-order valence-electron chi connectivity index (χ2n) is 6.40. The number of halogens is 1. The highest BCUT2D eigenvalue weighted by Crippen LogP contribution is 2.25. The van der Waals surface area contributed by atoms with Crippen LogP contribution in [0.1, 0.15) is 18.4 Å². The van der Waals surface area contributed by atoms with E-state index in [-0.39, 0.29) is 6.03 Å². The first-order valence-corrected chi connectivity index (χ1v) is 9.28. The molecule has 1 saturated heterocycles. The molecule has 0 aliphatic carbocycles. The molecule has 0 saturated carbocycles. The quantitative estimate of drug-likeness (QED) is 0.735. The molecule has 3 rings (SSSR count). The molecule has 1 aliphatic heterocycles. The number of urea groups is 1. The molecule has 0 radical (unpaired) electrons. The van der Waals surface area contributed by atoms with Gasteiger partial charge in [0.15, 0.2) is 0 Å². The highest BCUT2D eigenvalue weighted by molar-refractivity contribution is 6.32. The SMILES string of the molecule is Cc1ccc(Cl)c(OCCNC(=O)Nc2ccc(N3CCCC3)cc2)c1. The van der Waals surface area contributed by atoms with Gasteiger partial charge in [-0.15, -0.1) is 0 Å². The van der Waals surface area contributed by atoms with Crippen LogP contribution in [0.3, 0.4) is 0 Å². The molecular weight excluding hydrogens is 350 g/mol. The molecule has 2 aromatic carbocycles. The Morgan fingerprint density at radius 1 is 1.15 bits per heavy atom. The van der Waals surface area contributed by atoms with E-state index in [2.05, 4.69) is 15.5 Å². The zero-order chi connectivity index (χ0) is 18.4. The number of ether oxygens (including phenoxy) is 1. The lowest BCUT2D eigenvalue weighted by Gasteiger charge is -2.17. The summed E-state index contributed by atoms with van der Waals surface area (Å²) < 4.78 is 5.61. The summed E-state index contributed by atoms with van der Waals surface area (Å²) in [5, 5.41) is 6.17. The van der Waals surface area contributed by atoms with Crippen molar-refractivity contribution in [3.8, 4) is 5.75 Å². The minimum atomic E-state index is -0.252. The Labute approximate surface area is 159 Å². The maximum atomic E-state index is 12.0. The number of rotatable bonds is 6. The smallest absolute Gasteiger partial charge is 0.319 e. The van der Waals surface area contributed by atoms with Crippen LogP contribution in [0.4, 0.5) is 16.2 Å². The number of amides is 2. The Balaban J connectivity index is 1.40. The molecule has 0 aromatic heterocycles. The summed E-state index contributed by atoms with van der Waals surface area (Å²) in [7, 11) is 0. The van der Waals surface area contributed by atoms with Crippen LogP contribution in [0, 0.1) is 6.92 Å². The second kappa shape index (κ2) is 8.81. The van der Waals surface area contributed by atoms with E-state index >= 15 is 0 Å². The van der Waals surface area contributed by atoms with Gasteiger partial charge in [-0.2, -0.15) is 0 Å². The molecule has 26 heavy (non-hydrogen) atoms. The van der Waals surface area contributed by atoms with Gasteiger partial charge in [0.2, 0.25) is 0 Å². The van der Waals surface area contributed by atoms with E-state index in [0.717, 1.165) is 24.3 Å². The van der Waals surface area contributed by atoms with Gasteiger partial charge in [-0.3, -0.25) is 0 Å². The molecule has 2 N–H and O–H groups in total. The molecular formula is C20H24ClN3O2.